The highest BCUT2D eigenvalue weighted by Gasteiger charge is 2.15. The molecule has 4 heteroatoms. The third-order valence-electron chi connectivity index (χ3n) is 2.99. The highest BCUT2D eigenvalue weighted by molar-refractivity contribution is 5.32. The van der Waals surface area contributed by atoms with Gasteiger partial charge in [0.25, 0.3) is 0 Å². The highest BCUT2D eigenvalue weighted by Crippen LogP contribution is 2.19. The van der Waals surface area contributed by atoms with E-state index in [-0.39, 0.29) is 6.29 Å². The van der Waals surface area contributed by atoms with Crippen LogP contribution in [0.2, 0.25) is 0 Å². The Kier molecular flexibility index (Phi) is 3.28. The van der Waals surface area contributed by atoms with Crippen LogP contribution >= 0.6 is 0 Å². The number of para-hydroxylation sites is 1. The maximum atomic E-state index is 5.75. The summed E-state index contributed by atoms with van der Waals surface area (Å²) in [7, 11) is 0. The van der Waals surface area contributed by atoms with Crippen molar-refractivity contribution in [1.82, 2.24) is 9.78 Å². The lowest BCUT2D eigenvalue weighted by atomic mass is 10.2. The van der Waals surface area contributed by atoms with Crippen LogP contribution in [0.3, 0.4) is 0 Å². The van der Waals surface area contributed by atoms with Gasteiger partial charge in [-0.15, -0.1) is 0 Å². The molecule has 1 aromatic heterocycles. The fourth-order valence-corrected chi connectivity index (χ4v) is 2.04. The van der Waals surface area contributed by atoms with E-state index >= 15 is 0 Å². The maximum absolute atomic E-state index is 5.75. The van der Waals surface area contributed by atoms with E-state index in [4.69, 9.17) is 9.47 Å². The molecule has 0 amide bonds. The average molecular weight is 244 g/mol. The first-order chi connectivity index (χ1) is 8.92. The number of rotatable bonds is 3. The Morgan fingerprint density at radius 2 is 2.11 bits per heavy atom. The van der Waals surface area contributed by atoms with Crippen molar-refractivity contribution in [2.24, 2.45) is 0 Å². The second-order valence-electron chi connectivity index (χ2n) is 4.37. The van der Waals surface area contributed by atoms with E-state index in [1.807, 2.05) is 36.5 Å². The largest absolute Gasteiger partial charge is 0.462 e. The van der Waals surface area contributed by atoms with E-state index < -0.39 is 0 Å². The number of benzene rings is 1. The van der Waals surface area contributed by atoms with Gasteiger partial charge in [0.1, 0.15) is 0 Å². The van der Waals surface area contributed by atoms with Gasteiger partial charge in [0.05, 0.1) is 24.7 Å². The van der Waals surface area contributed by atoms with Gasteiger partial charge in [-0.1, -0.05) is 18.2 Å². The molecule has 1 aromatic carbocycles. The average Bonchev–Trinajstić information content (AvgIpc) is 2.89. The predicted molar refractivity (Wildman–Crippen MR) is 67.8 cm³/mol. The monoisotopic (exact) mass is 244 g/mol. The lowest BCUT2D eigenvalue weighted by molar-refractivity contribution is -0.105. The van der Waals surface area contributed by atoms with Crippen molar-refractivity contribution in [2.45, 2.75) is 25.6 Å². The molecular formula is C14H16N2O2. The van der Waals surface area contributed by atoms with Crippen LogP contribution in [0, 0.1) is 0 Å². The molecular weight excluding hydrogens is 228 g/mol. The van der Waals surface area contributed by atoms with Gasteiger partial charge in [-0.25, -0.2) is 4.68 Å². The first-order valence-corrected chi connectivity index (χ1v) is 6.30. The fourth-order valence-electron chi connectivity index (χ4n) is 2.04. The summed E-state index contributed by atoms with van der Waals surface area (Å²) in [5, 5.41) is 4.29. The molecule has 2 aromatic rings. The van der Waals surface area contributed by atoms with Crippen LogP contribution < -0.4 is 4.74 Å². The van der Waals surface area contributed by atoms with Crippen molar-refractivity contribution in [3.63, 3.8) is 0 Å². The number of ether oxygens (including phenoxy) is 2. The second-order valence-corrected chi connectivity index (χ2v) is 4.37. The van der Waals surface area contributed by atoms with E-state index in [9.17, 15) is 0 Å². The van der Waals surface area contributed by atoms with Crippen LogP contribution in [0.5, 0.6) is 5.75 Å². The third kappa shape index (κ3) is 2.54. The van der Waals surface area contributed by atoms with Crippen molar-refractivity contribution in [1.29, 1.82) is 0 Å². The zero-order valence-electron chi connectivity index (χ0n) is 10.2. The Bertz CT molecular complexity index is 490. The Labute approximate surface area is 106 Å². The Morgan fingerprint density at radius 3 is 2.89 bits per heavy atom. The normalized spacial score (nSPS) is 19.7. The van der Waals surface area contributed by atoms with Crippen LogP contribution in [0.25, 0.3) is 5.69 Å². The summed E-state index contributed by atoms with van der Waals surface area (Å²) < 4.78 is 13.1. The molecule has 1 unspecified atom stereocenters. The molecule has 0 aliphatic carbocycles. The second kappa shape index (κ2) is 5.23. The van der Waals surface area contributed by atoms with Gasteiger partial charge in [-0.05, 0) is 25.0 Å². The van der Waals surface area contributed by atoms with E-state index in [2.05, 4.69) is 5.10 Å². The van der Waals surface area contributed by atoms with Gasteiger partial charge in [0.15, 0.2) is 12.0 Å². The van der Waals surface area contributed by atoms with Gasteiger partial charge in [0, 0.05) is 6.42 Å². The molecule has 4 nitrogen and oxygen atoms in total. The summed E-state index contributed by atoms with van der Waals surface area (Å²) in [4.78, 5) is 0. The predicted octanol–water partition coefficient (Wildman–Crippen LogP) is 2.78. The third-order valence-corrected chi connectivity index (χ3v) is 2.99. The molecule has 0 saturated carbocycles. The number of hydrogen-bond acceptors (Lipinski definition) is 3. The van der Waals surface area contributed by atoms with Gasteiger partial charge in [0.2, 0.25) is 0 Å². The summed E-state index contributed by atoms with van der Waals surface area (Å²) in [5.74, 6) is 0.755. The molecule has 1 fully saturated rings. The summed E-state index contributed by atoms with van der Waals surface area (Å²) in [6.07, 6.45) is 6.74. The summed E-state index contributed by atoms with van der Waals surface area (Å²) in [5.41, 5.74) is 1.02. The lowest BCUT2D eigenvalue weighted by Gasteiger charge is -2.22. The first-order valence-electron chi connectivity index (χ1n) is 6.30. The smallest absolute Gasteiger partial charge is 0.199 e. The summed E-state index contributed by atoms with van der Waals surface area (Å²) in [6, 6.07) is 9.98. The molecule has 3 rings (SSSR count). The molecule has 0 N–H and O–H groups in total. The van der Waals surface area contributed by atoms with Crippen LogP contribution in [0.4, 0.5) is 0 Å². The minimum Gasteiger partial charge on any atom is -0.462 e. The number of aromatic nitrogens is 2. The zero-order chi connectivity index (χ0) is 12.2. The maximum Gasteiger partial charge on any atom is 0.199 e. The number of nitrogens with zero attached hydrogens (tertiary/aromatic N) is 2. The van der Waals surface area contributed by atoms with Crippen molar-refractivity contribution in [3.05, 3.63) is 42.7 Å². The van der Waals surface area contributed by atoms with E-state index in [1.54, 1.807) is 10.9 Å². The van der Waals surface area contributed by atoms with Gasteiger partial charge in [-0.3, -0.25) is 0 Å². The first kappa shape index (κ1) is 11.3. The van der Waals surface area contributed by atoms with Crippen LogP contribution in [-0.4, -0.2) is 22.7 Å². The van der Waals surface area contributed by atoms with E-state index in [1.165, 1.54) is 0 Å². The molecule has 18 heavy (non-hydrogen) atoms. The SMILES string of the molecule is c1ccc(-n2cc(OC3CCCCO3)cn2)cc1. The number of hydrogen-bond donors (Lipinski definition) is 0. The van der Waals surface area contributed by atoms with Crippen LogP contribution in [0.1, 0.15) is 19.3 Å². The van der Waals surface area contributed by atoms with Crippen molar-refractivity contribution < 1.29 is 9.47 Å². The lowest BCUT2D eigenvalue weighted by Crippen LogP contribution is -2.24. The molecule has 0 bridgehead atoms. The molecule has 94 valence electrons. The molecule has 0 radical (unpaired) electrons. The minimum atomic E-state index is -0.118. The Hall–Kier alpha value is -1.81. The standard InChI is InChI=1S/C14H16N2O2/c1-2-6-12(7-3-1)16-11-13(10-15-16)18-14-8-4-5-9-17-14/h1-3,6-7,10-11,14H,4-5,8-9H2. The summed E-state index contributed by atoms with van der Waals surface area (Å²) >= 11 is 0. The Morgan fingerprint density at radius 1 is 1.22 bits per heavy atom. The van der Waals surface area contributed by atoms with E-state index in [0.717, 1.165) is 37.3 Å². The topological polar surface area (TPSA) is 36.3 Å². The molecule has 2 heterocycles. The van der Waals surface area contributed by atoms with Gasteiger partial charge < -0.3 is 9.47 Å². The fraction of sp³-hybridized carbons (Fsp3) is 0.357. The van der Waals surface area contributed by atoms with E-state index in [0.29, 0.717) is 0 Å². The zero-order valence-corrected chi connectivity index (χ0v) is 10.2. The van der Waals surface area contributed by atoms with Gasteiger partial charge >= 0.3 is 0 Å². The van der Waals surface area contributed by atoms with Crippen LogP contribution in [-0.2, 0) is 4.74 Å². The Balaban J connectivity index is 1.69. The molecule has 1 saturated heterocycles. The quantitative estimate of drug-likeness (QED) is 0.833. The summed E-state index contributed by atoms with van der Waals surface area (Å²) in [6.45, 7) is 0.789. The van der Waals surface area contributed by atoms with Crippen molar-refractivity contribution >= 4 is 0 Å². The van der Waals surface area contributed by atoms with Crippen molar-refractivity contribution in [3.8, 4) is 11.4 Å². The molecule has 1 aliphatic heterocycles. The van der Waals surface area contributed by atoms with Crippen LogP contribution in [0.15, 0.2) is 42.7 Å². The highest BCUT2D eigenvalue weighted by atomic mass is 16.7. The molecule has 1 atom stereocenters. The van der Waals surface area contributed by atoms with Gasteiger partial charge in [-0.2, -0.15) is 5.10 Å². The minimum absolute atomic E-state index is 0.118. The molecule has 1 aliphatic rings. The molecule has 0 spiro atoms. The van der Waals surface area contributed by atoms with Crippen molar-refractivity contribution in [2.75, 3.05) is 6.61 Å².